The SMILES string of the molecule is CCN(CC(C)(O)Oc1ccc(N)cc1N)c1ccccc1.Cl.Cl.Cl. The van der Waals surface area contributed by atoms with Crippen molar-refractivity contribution < 1.29 is 9.84 Å². The number of anilines is 3. The predicted octanol–water partition coefficient (Wildman–Crippen LogP) is 3.73. The van der Waals surface area contributed by atoms with E-state index in [-0.39, 0.29) is 37.2 Å². The molecule has 25 heavy (non-hydrogen) atoms. The molecule has 0 saturated heterocycles. The number of para-hydroxylation sites is 1. The smallest absolute Gasteiger partial charge is 0.223 e. The maximum atomic E-state index is 10.6. The van der Waals surface area contributed by atoms with E-state index < -0.39 is 5.79 Å². The molecule has 1 unspecified atom stereocenters. The number of nitrogens with zero attached hydrogens (tertiary/aromatic N) is 1. The minimum absolute atomic E-state index is 0. The van der Waals surface area contributed by atoms with Gasteiger partial charge in [0.15, 0.2) is 0 Å². The number of halogens is 3. The number of benzene rings is 2. The summed E-state index contributed by atoms with van der Waals surface area (Å²) in [5, 5.41) is 10.6. The van der Waals surface area contributed by atoms with Gasteiger partial charge >= 0.3 is 0 Å². The molecule has 0 aliphatic heterocycles. The van der Waals surface area contributed by atoms with Crippen LogP contribution in [0.5, 0.6) is 5.75 Å². The van der Waals surface area contributed by atoms with Gasteiger partial charge in [-0.25, -0.2) is 0 Å². The van der Waals surface area contributed by atoms with Crippen molar-refractivity contribution in [2.45, 2.75) is 19.6 Å². The first-order valence-electron chi connectivity index (χ1n) is 7.27. The van der Waals surface area contributed by atoms with E-state index in [0.717, 1.165) is 12.2 Å². The van der Waals surface area contributed by atoms with Crippen LogP contribution in [0.15, 0.2) is 48.5 Å². The third-order valence-electron chi connectivity index (χ3n) is 3.35. The van der Waals surface area contributed by atoms with Gasteiger partial charge in [-0.3, -0.25) is 0 Å². The normalized spacial score (nSPS) is 11.8. The van der Waals surface area contributed by atoms with Crippen LogP contribution in [-0.4, -0.2) is 24.0 Å². The van der Waals surface area contributed by atoms with Crippen LogP contribution >= 0.6 is 37.2 Å². The van der Waals surface area contributed by atoms with Crippen molar-refractivity contribution in [1.29, 1.82) is 0 Å². The molecule has 2 aromatic carbocycles. The van der Waals surface area contributed by atoms with Crippen molar-refractivity contribution >= 4 is 54.3 Å². The van der Waals surface area contributed by atoms with Crippen molar-refractivity contribution in [2.75, 3.05) is 29.5 Å². The second-order valence-corrected chi connectivity index (χ2v) is 5.42. The summed E-state index contributed by atoms with van der Waals surface area (Å²) >= 11 is 0. The van der Waals surface area contributed by atoms with Crippen LogP contribution in [0, 0.1) is 0 Å². The molecule has 8 heteroatoms. The molecule has 0 aliphatic rings. The molecule has 2 aromatic rings. The molecule has 5 nitrogen and oxygen atoms in total. The molecular formula is C17H26Cl3N3O2. The van der Waals surface area contributed by atoms with Gasteiger partial charge in [0.05, 0.1) is 12.2 Å². The van der Waals surface area contributed by atoms with Gasteiger partial charge in [0, 0.05) is 24.8 Å². The standard InChI is InChI=1S/C17H23N3O2.3ClH/c1-3-20(14-7-5-4-6-8-14)12-17(2,21)22-16-10-9-13(18)11-15(16)19;;;/h4-11,21H,3,12,18-19H2,1-2H3;3*1H. The lowest BCUT2D eigenvalue weighted by atomic mass is 10.2. The Kier molecular flexibility index (Phi) is 11.5. The Balaban J connectivity index is 0. The van der Waals surface area contributed by atoms with Gasteiger partial charge in [-0.15, -0.1) is 37.2 Å². The number of hydrogen-bond donors (Lipinski definition) is 3. The Morgan fingerprint density at radius 3 is 2.16 bits per heavy atom. The van der Waals surface area contributed by atoms with E-state index in [1.54, 1.807) is 25.1 Å². The van der Waals surface area contributed by atoms with Crippen molar-refractivity contribution in [3.05, 3.63) is 48.5 Å². The van der Waals surface area contributed by atoms with E-state index in [0.29, 0.717) is 23.7 Å². The molecule has 0 heterocycles. The van der Waals surface area contributed by atoms with Crippen molar-refractivity contribution in [1.82, 2.24) is 0 Å². The topological polar surface area (TPSA) is 84.7 Å². The molecule has 0 saturated carbocycles. The number of rotatable bonds is 6. The first kappa shape index (κ1) is 25.7. The highest BCUT2D eigenvalue weighted by Crippen LogP contribution is 2.27. The van der Waals surface area contributed by atoms with E-state index in [4.69, 9.17) is 16.2 Å². The summed E-state index contributed by atoms with van der Waals surface area (Å²) in [6.07, 6.45) is 0. The molecule has 5 N–H and O–H groups in total. The molecule has 0 amide bonds. The van der Waals surface area contributed by atoms with Gasteiger partial charge in [0.2, 0.25) is 5.79 Å². The molecular weight excluding hydrogens is 385 g/mol. The first-order chi connectivity index (χ1) is 10.4. The fourth-order valence-electron chi connectivity index (χ4n) is 2.31. The molecule has 0 bridgehead atoms. The van der Waals surface area contributed by atoms with Crippen LogP contribution < -0.4 is 21.1 Å². The van der Waals surface area contributed by atoms with Gasteiger partial charge < -0.3 is 26.2 Å². The number of aliphatic hydroxyl groups is 1. The maximum Gasteiger partial charge on any atom is 0.223 e. The number of ether oxygens (including phenoxy) is 1. The summed E-state index contributed by atoms with van der Waals surface area (Å²) in [4.78, 5) is 2.04. The van der Waals surface area contributed by atoms with Crippen molar-refractivity contribution in [2.24, 2.45) is 0 Å². The van der Waals surface area contributed by atoms with E-state index in [2.05, 4.69) is 0 Å². The zero-order valence-electron chi connectivity index (χ0n) is 14.2. The monoisotopic (exact) mass is 409 g/mol. The highest BCUT2D eigenvalue weighted by atomic mass is 35.5. The summed E-state index contributed by atoms with van der Waals surface area (Å²) in [7, 11) is 0. The molecule has 142 valence electrons. The lowest BCUT2D eigenvalue weighted by molar-refractivity contribution is -0.112. The van der Waals surface area contributed by atoms with Crippen LogP contribution in [0.4, 0.5) is 17.1 Å². The Morgan fingerprint density at radius 2 is 1.64 bits per heavy atom. The summed E-state index contributed by atoms with van der Waals surface area (Å²) < 4.78 is 5.67. The third-order valence-corrected chi connectivity index (χ3v) is 3.35. The summed E-state index contributed by atoms with van der Waals surface area (Å²) in [6.45, 7) is 4.72. The zero-order valence-corrected chi connectivity index (χ0v) is 16.7. The molecule has 0 radical (unpaired) electrons. The molecule has 0 spiro atoms. The van der Waals surface area contributed by atoms with Crippen molar-refractivity contribution in [3.63, 3.8) is 0 Å². The summed E-state index contributed by atoms with van der Waals surface area (Å²) in [5.41, 5.74) is 13.5. The second-order valence-electron chi connectivity index (χ2n) is 5.42. The molecule has 0 fully saturated rings. The van der Waals surface area contributed by atoms with Crippen LogP contribution in [0.2, 0.25) is 0 Å². The van der Waals surface area contributed by atoms with E-state index in [1.165, 1.54) is 0 Å². The number of hydrogen-bond acceptors (Lipinski definition) is 5. The minimum Gasteiger partial charge on any atom is -0.459 e. The van der Waals surface area contributed by atoms with Gasteiger partial charge in [-0.1, -0.05) is 18.2 Å². The van der Waals surface area contributed by atoms with Crippen LogP contribution in [-0.2, 0) is 0 Å². The summed E-state index contributed by atoms with van der Waals surface area (Å²) in [5.74, 6) is -0.959. The van der Waals surface area contributed by atoms with E-state index in [9.17, 15) is 5.11 Å². The lowest BCUT2D eigenvalue weighted by Crippen LogP contribution is -2.45. The molecule has 2 rings (SSSR count). The van der Waals surface area contributed by atoms with E-state index >= 15 is 0 Å². The number of nitrogen functional groups attached to an aromatic ring is 2. The van der Waals surface area contributed by atoms with Crippen LogP contribution in [0.1, 0.15) is 13.8 Å². The fraction of sp³-hybridized carbons (Fsp3) is 0.294. The predicted molar refractivity (Wildman–Crippen MR) is 113 cm³/mol. The van der Waals surface area contributed by atoms with Crippen LogP contribution in [0.3, 0.4) is 0 Å². The third kappa shape index (κ3) is 7.48. The van der Waals surface area contributed by atoms with Gasteiger partial charge in [-0.2, -0.15) is 0 Å². The maximum absolute atomic E-state index is 10.6. The average molecular weight is 411 g/mol. The van der Waals surface area contributed by atoms with Gasteiger partial charge in [0.1, 0.15) is 5.75 Å². The Labute approximate surface area is 167 Å². The Hall–Kier alpha value is -1.53. The molecule has 0 aromatic heterocycles. The number of nitrogens with two attached hydrogens (primary N) is 2. The largest absolute Gasteiger partial charge is 0.459 e. The van der Waals surface area contributed by atoms with E-state index in [1.807, 2.05) is 42.2 Å². The fourth-order valence-corrected chi connectivity index (χ4v) is 2.31. The van der Waals surface area contributed by atoms with Crippen LogP contribution in [0.25, 0.3) is 0 Å². The Morgan fingerprint density at radius 1 is 1.04 bits per heavy atom. The average Bonchev–Trinajstić information content (AvgIpc) is 2.49. The first-order valence-corrected chi connectivity index (χ1v) is 7.27. The zero-order chi connectivity index (χ0) is 16.2. The van der Waals surface area contributed by atoms with Gasteiger partial charge in [0.25, 0.3) is 0 Å². The van der Waals surface area contributed by atoms with Crippen molar-refractivity contribution in [3.8, 4) is 5.75 Å². The molecule has 1 atom stereocenters. The Bertz CT molecular complexity index is 628. The lowest BCUT2D eigenvalue weighted by Gasteiger charge is -2.33. The highest BCUT2D eigenvalue weighted by molar-refractivity contribution is 5.86. The summed E-state index contributed by atoms with van der Waals surface area (Å²) in [6, 6.07) is 14.8. The molecule has 0 aliphatic carbocycles. The highest BCUT2D eigenvalue weighted by Gasteiger charge is 2.26. The second kappa shape index (κ2) is 11.2. The minimum atomic E-state index is -1.38. The number of likely N-dealkylation sites (N-methyl/N-ethyl adjacent to an activating group) is 1. The van der Waals surface area contributed by atoms with Gasteiger partial charge in [-0.05, 0) is 37.3 Å². The quantitative estimate of drug-likeness (QED) is 0.499.